The lowest BCUT2D eigenvalue weighted by Crippen LogP contribution is -2.54. The molecule has 0 aromatic rings. The Kier molecular flexibility index (Phi) is 5.87. The number of carbonyl (C=O) groups is 2. The SMILES string of the molecule is CC(=O)O[C@@H]1CC2=CC=C3[C@@H]4CC[C@H]([C@H](C)CO)[C@@]4(C)CC[C@@H]3[C@@]2(C)[C@@H](OC(C)=O)C1. The standard InChI is InChI=1S/C26H38O5/c1-15(14-27)21-8-9-22-20-7-6-18-12-19(30-16(2)28)13-24(31-17(3)29)26(18,5)23(20)10-11-25(21,22)4/h6-7,15,19,21-24,27H,8-14H2,1-5H3/t15-,19-,21-,22+,23+,24+,25-,26+/m1/s1. The summed E-state index contributed by atoms with van der Waals surface area (Å²) in [5.41, 5.74) is 2.72. The van der Waals surface area contributed by atoms with Crippen LogP contribution in [0.4, 0.5) is 0 Å². The maximum atomic E-state index is 12.0. The fraction of sp³-hybridized carbons (Fsp3) is 0.769. The molecule has 4 aliphatic rings. The summed E-state index contributed by atoms with van der Waals surface area (Å²) in [5.74, 6) is 1.17. The summed E-state index contributed by atoms with van der Waals surface area (Å²) in [7, 11) is 0. The number of allylic oxidation sites excluding steroid dienone is 3. The number of esters is 2. The van der Waals surface area contributed by atoms with Crippen LogP contribution in [0.25, 0.3) is 0 Å². The second-order valence-corrected chi connectivity index (χ2v) is 10.9. The van der Waals surface area contributed by atoms with Crippen LogP contribution in [0.15, 0.2) is 23.3 Å². The van der Waals surface area contributed by atoms with Crippen molar-refractivity contribution in [3.8, 4) is 0 Å². The number of carbonyl (C=O) groups excluding carboxylic acids is 2. The van der Waals surface area contributed by atoms with Gasteiger partial charge in [-0.3, -0.25) is 9.59 Å². The molecule has 5 nitrogen and oxygen atoms in total. The molecule has 0 radical (unpaired) electrons. The average Bonchev–Trinajstić information content (AvgIpc) is 3.04. The van der Waals surface area contributed by atoms with Crippen molar-refractivity contribution >= 4 is 11.9 Å². The van der Waals surface area contributed by atoms with Crippen LogP contribution in [0.2, 0.25) is 0 Å². The number of aliphatic hydroxyl groups excluding tert-OH is 1. The van der Waals surface area contributed by atoms with Crippen LogP contribution in [-0.4, -0.2) is 35.9 Å². The molecule has 4 rings (SSSR count). The van der Waals surface area contributed by atoms with Crippen LogP contribution in [-0.2, 0) is 19.1 Å². The van der Waals surface area contributed by atoms with Gasteiger partial charge in [0.15, 0.2) is 0 Å². The molecule has 0 spiro atoms. The fourth-order valence-corrected chi connectivity index (χ4v) is 7.80. The van der Waals surface area contributed by atoms with E-state index in [1.165, 1.54) is 37.8 Å². The molecule has 4 aliphatic carbocycles. The van der Waals surface area contributed by atoms with E-state index < -0.39 is 0 Å². The maximum absolute atomic E-state index is 12.0. The Hall–Kier alpha value is -1.62. The van der Waals surface area contributed by atoms with Gasteiger partial charge in [0.2, 0.25) is 0 Å². The molecule has 0 aromatic heterocycles. The van der Waals surface area contributed by atoms with Crippen molar-refractivity contribution in [2.45, 2.75) is 85.4 Å². The minimum Gasteiger partial charge on any atom is -0.462 e. The first-order valence-corrected chi connectivity index (χ1v) is 12.0. The van der Waals surface area contributed by atoms with E-state index in [1.54, 1.807) is 0 Å². The van der Waals surface area contributed by atoms with Crippen molar-refractivity contribution in [3.05, 3.63) is 23.3 Å². The van der Waals surface area contributed by atoms with Gasteiger partial charge in [-0.15, -0.1) is 0 Å². The van der Waals surface area contributed by atoms with Crippen LogP contribution in [0.1, 0.15) is 73.1 Å². The largest absolute Gasteiger partial charge is 0.462 e. The van der Waals surface area contributed by atoms with E-state index in [0.29, 0.717) is 36.5 Å². The van der Waals surface area contributed by atoms with E-state index in [-0.39, 0.29) is 41.6 Å². The monoisotopic (exact) mass is 430 g/mol. The summed E-state index contributed by atoms with van der Waals surface area (Å²) in [5, 5.41) is 9.83. The van der Waals surface area contributed by atoms with Crippen LogP contribution in [0.3, 0.4) is 0 Å². The normalized spacial score (nSPS) is 42.3. The fourth-order valence-electron chi connectivity index (χ4n) is 7.80. The summed E-state index contributed by atoms with van der Waals surface area (Å²) < 4.78 is 11.5. The molecule has 5 heteroatoms. The lowest BCUT2D eigenvalue weighted by Gasteiger charge is -2.57. The predicted molar refractivity (Wildman–Crippen MR) is 118 cm³/mol. The molecule has 1 N–H and O–H groups in total. The molecule has 0 aromatic carbocycles. The molecular formula is C26H38O5. The minimum absolute atomic E-state index is 0.220. The lowest BCUT2D eigenvalue weighted by molar-refractivity contribution is -0.165. The zero-order valence-electron chi connectivity index (χ0n) is 19.6. The van der Waals surface area contributed by atoms with Gasteiger partial charge in [0.25, 0.3) is 0 Å². The highest BCUT2D eigenvalue weighted by atomic mass is 16.6. The third kappa shape index (κ3) is 3.57. The van der Waals surface area contributed by atoms with E-state index in [4.69, 9.17) is 9.47 Å². The molecule has 172 valence electrons. The van der Waals surface area contributed by atoms with Crippen LogP contribution in [0, 0.1) is 34.5 Å². The highest BCUT2D eigenvalue weighted by Gasteiger charge is 2.60. The van der Waals surface area contributed by atoms with E-state index in [9.17, 15) is 14.7 Å². The number of ether oxygens (including phenoxy) is 2. The zero-order chi connectivity index (χ0) is 22.6. The van der Waals surface area contributed by atoms with E-state index in [2.05, 4.69) is 32.9 Å². The van der Waals surface area contributed by atoms with Gasteiger partial charge in [0.1, 0.15) is 12.2 Å². The van der Waals surface area contributed by atoms with Crippen molar-refractivity contribution in [2.24, 2.45) is 34.5 Å². The third-order valence-electron chi connectivity index (χ3n) is 9.29. The molecule has 0 bridgehead atoms. The second-order valence-electron chi connectivity index (χ2n) is 10.9. The number of fused-ring (bicyclic) bond motifs is 5. The first kappa shape index (κ1) is 22.6. The van der Waals surface area contributed by atoms with Crippen molar-refractivity contribution in [1.29, 1.82) is 0 Å². The molecule has 31 heavy (non-hydrogen) atoms. The second kappa shape index (κ2) is 8.06. The van der Waals surface area contributed by atoms with Gasteiger partial charge in [-0.2, -0.15) is 0 Å². The Labute approximate surface area is 186 Å². The lowest BCUT2D eigenvalue weighted by atomic mass is 9.49. The Bertz CT molecular complexity index is 813. The van der Waals surface area contributed by atoms with E-state index in [0.717, 1.165) is 12.8 Å². The van der Waals surface area contributed by atoms with E-state index >= 15 is 0 Å². The molecule has 0 amide bonds. The van der Waals surface area contributed by atoms with Gasteiger partial charge in [0, 0.05) is 38.7 Å². The highest BCUT2D eigenvalue weighted by molar-refractivity contribution is 5.67. The predicted octanol–water partition coefficient (Wildman–Crippen LogP) is 4.59. The van der Waals surface area contributed by atoms with E-state index in [1.807, 2.05) is 0 Å². The average molecular weight is 431 g/mol. The van der Waals surface area contributed by atoms with Crippen LogP contribution < -0.4 is 0 Å². The third-order valence-corrected chi connectivity index (χ3v) is 9.29. The van der Waals surface area contributed by atoms with Crippen molar-refractivity contribution < 1.29 is 24.2 Å². The smallest absolute Gasteiger partial charge is 0.302 e. The summed E-state index contributed by atoms with van der Waals surface area (Å²) in [6, 6.07) is 0. The van der Waals surface area contributed by atoms with Gasteiger partial charge in [-0.25, -0.2) is 0 Å². The number of rotatable bonds is 4. The number of hydrogen-bond acceptors (Lipinski definition) is 5. The molecule has 0 unspecified atom stereocenters. The van der Waals surface area contributed by atoms with Crippen LogP contribution >= 0.6 is 0 Å². The Morgan fingerprint density at radius 2 is 1.81 bits per heavy atom. The highest BCUT2D eigenvalue weighted by Crippen LogP contribution is 2.66. The quantitative estimate of drug-likeness (QED) is 0.661. The molecule has 3 saturated carbocycles. The summed E-state index contributed by atoms with van der Waals surface area (Å²) in [4.78, 5) is 23.6. The number of aliphatic hydroxyl groups is 1. The number of hydrogen-bond donors (Lipinski definition) is 1. The Morgan fingerprint density at radius 1 is 1.10 bits per heavy atom. The molecule has 0 aliphatic heterocycles. The van der Waals surface area contributed by atoms with Gasteiger partial charge in [-0.05, 0) is 54.8 Å². The maximum Gasteiger partial charge on any atom is 0.302 e. The van der Waals surface area contributed by atoms with Gasteiger partial charge in [0.05, 0.1) is 0 Å². The minimum atomic E-state index is -0.291. The first-order valence-electron chi connectivity index (χ1n) is 12.0. The summed E-state index contributed by atoms with van der Waals surface area (Å²) in [6.45, 7) is 10.0. The molecule has 3 fully saturated rings. The van der Waals surface area contributed by atoms with Crippen molar-refractivity contribution in [2.75, 3.05) is 6.61 Å². The molecular weight excluding hydrogens is 392 g/mol. The molecule has 8 atom stereocenters. The van der Waals surface area contributed by atoms with Crippen molar-refractivity contribution in [1.82, 2.24) is 0 Å². The summed E-state index contributed by atoms with van der Waals surface area (Å²) in [6.07, 6.45) is 9.83. The van der Waals surface area contributed by atoms with Crippen LogP contribution in [0.5, 0.6) is 0 Å². The summed E-state index contributed by atoms with van der Waals surface area (Å²) >= 11 is 0. The first-order chi connectivity index (χ1) is 14.6. The topological polar surface area (TPSA) is 72.8 Å². The molecule has 0 saturated heterocycles. The van der Waals surface area contributed by atoms with Gasteiger partial charge >= 0.3 is 11.9 Å². The van der Waals surface area contributed by atoms with Gasteiger partial charge in [-0.1, -0.05) is 44.1 Å². The van der Waals surface area contributed by atoms with Gasteiger partial charge < -0.3 is 14.6 Å². The van der Waals surface area contributed by atoms with Crippen molar-refractivity contribution in [3.63, 3.8) is 0 Å². The Balaban J connectivity index is 1.70. The Morgan fingerprint density at radius 3 is 2.45 bits per heavy atom. The molecule has 0 heterocycles. The zero-order valence-corrected chi connectivity index (χ0v) is 19.6.